The summed E-state index contributed by atoms with van der Waals surface area (Å²) in [6, 6.07) is 0. The fourth-order valence-corrected chi connectivity index (χ4v) is 1.99. The molecular formula is C8H14O2. The Hall–Kier alpha value is -0.0800. The van der Waals surface area contributed by atoms with Gasteiger partial charge in [0.05, 0.1) is 13.2 Å². The SMILES string of the molecule is C1CC[C@H]2COOC[C@H]2C1. The van der Waals surface area contributed by atoms with Crippen LogP contribution in [-0.4, -0.2) is 13.2 Å². The predicted octanol–water partition coefficient (Wildman–Crippen LogP) is 1.75. The Morgan fingerprint density at radius 3 is 1.80 bits per heavy atom. The quantitative estimate of drug-likeness (QED) is 0.480. The van der Waals surface area contributed by atoms with E-state index in [1.807, 2.05) is 0 Å². The monoisotopic (exact) mass is 142 g/mol. The number of fused-ring (bicyclic) bond motifs is 1. The summed E-state index contributed by atoms with van der Waals surface area (Å²) in [7, 11) is 0. The van der Waals surface area contributed by atoms with E-state index in [9.17, 15) is 0 Å². The lowest BCUT2D eigenvalue weighted by Crippen LogP contribution is -2.32. The van der Waals surface area contributed by atoms with Gasteiger partial charge in [0.15, 0.2) is 0 Å². The van der Waals surface area contributed by atoms with Gasteiger partial charge in [-0.25, -0.2) is 9.78 Å². The number of hydrogen-bond donors (Lipinski definition) is 0. The molecule has 0 aromatic heterocycles. The van der Waals surface area contributed by atoms with Crippen molar-refractivity contribution in [2.45, 2.75) is 25.7 Å². The van der Waals surface area contributed by atoms with Gasteiger partial charge in [0, 0.05) is 0 Å². The van der Waals surface area contributed by atoms with Crippen molar-refractivity contribution in [1.82, 2.24) is 0 Å². The van der Waals surface area contributed by atoms with Crippen molar-refractivity contribution in [1.29, 1.82) is 0 Å². The number of rotatable bonds is 0. The number of hydrogen-bond acceptors (Lipinski definition) is 2. The van der Waals surface area contributed by atoms with Gasteiger partial charge in [0.2, 0.25) is 0 Å². The van der Waals surface area contributed by atoms with Crippen LogP contribution in [0.15, 0.2) is 0 Å². The molecule has 2 nitrogen and oxygen atoms in total. The Kier molecular flexibility index (Phi) is 1.91. The Morgan fingerprint density at radius 2 is 1.30 bits per heavy atom. The summed E-state index contributed by atoms with van der Waals surface area (Å²) in [5, 5.41) is 0. The van der Waals surface area contributed by atoms with Gasteiger partial charge in [-0.15, -0.1) is 0 Å². The topological polar surface area (TPSA) is 18.5 Å². The molecule has 1 aliphatic carbocycles. The van der Waals surface area contributed by atoms with E-state index >= 15 is 0 Å². The van der Waals surface area contributed by atoms with E-state index in [1.165, 1.54) is 25.7 Å². The Bertz CT molecular complexity index is 87.8. The molecule has 10 heavy (non-hydrogen) atoms. The summed E-state index contributed by atoms with van der Waals surface area (Å²) in [5.74, 6) is 1.62. The summed E-state index contributed by atoms with van der Waals surface area (Å²) in [6.45, 7) is 1.68. The lowest BCUT2D eigenvalue weighted by atomic mass is 9.80. The van der Waals surface area contributed by atoms with Gasteiger partial charge in [-0.2, -0.15) is 0 Å². The molecule has 0 aromatic carbocycles. The molecule has 2 rings (SSSR count). The molecule has 2 heteroatoms. The minimum absolute atomic E-state index is 0.808. The lowest BCUT2D eigenvalue weighted by Gasteiger charge is -2.33. The Balaban J connectivity index is 1.93. The maximum absolute atomic E-state index is 4.94. The lowest BCUT2D eigenvalue weighted by molar-refractivity contribution is -0.340. The average Bonchev–Trinajstić information content (AvgIpc) is 2.05. The van der Waals surface area contributed by atoms with Crippen LogP contribution in [0, 0.1) is 11.8 Å². The van der Waals surface area contributed by atoms with Crippen molar-refractivity contribution in [3.05, 3.63) is 0 Å². The molecule has 1 heterocycles. The minimum Gasteiger partial charge on any atom is -0.236 e. The normalized spacial score (nSPS) is 40.8. The molecule has 0 unspecified atom stereocenters. The van der Waals surface area contributed by atoms with Crippen molar-refractivity contribution in [2.24, 2.45) is 11.8 Å². The van der Waals surface area contributed by atoms with E-state index in [1.54, 1.807) is 0 Å². The van der Waals surface area contributed by atoms with Gasteiger partial charge in [-0.3, -0.25) is 0 Å². The van der Waals surface area contributed by atoms with Crippen LogP contribution in [0.4, 0.5) is 0 Å². The largest absolute Gasteiger partial charge is 0.236 e. The van der Waals surface area contributed by atoms with Gasteiger partial charge in [-0.1, -0.05) is 12.8 Å². The summed E-state index contributed by atoms with van der Waals surface area (Å²) in [6.07, 6.45) is 5.50. The molecule has 0 aromatic rings. The second kappa shape index (κ2) is 2.89. The van der Waals surface area contributed by atoms with Crippen molar-refractivity contribution in [3.63, 3.8) is 0 Å². The average molecular weight is 142 g/mol. The first-order chi connectivity index (χ1) is 4.97. The maximum atomic E-state index is 4.94. The van der Waals surface area contributed by atoms with Crippen LogP contribution in [0.25, 0.3) is 0 Å². The molecule has 0 radical (unpaired) electrons. The zero-order valence-electron chi connectivity index (χ0n) is 6.21. The molecule has 1 aliphatic heterocycles. The van der Waals surface area contributed by atoms with Crippen LogP contribution in [0.5, 0.6) is 0 Å². The van der Waals surface area contributed by atoms with Gasteiger partial charge < -0.3 is 0 Å². The smallest absolute Gasteiger partial charge is 0.0854 e. The van der Waals surface area contributed by atoms with E-state index in [-0.39, 0.29) is 0 Å². The first-order valence-electron chi connectivity index (χ1n) is 4.21. The van der Waals surface area contributed by atoms with Crippen molar-refractivity contribution < 1.29 is 9.78 Å². The molecule has 0 spiro atoms. The Morgan fingerprint density at radius 1 is 0.800 bits per heavy atom. The first kappa shape index (κ1) is 6.62. The van der Waals surface area contributed by atoms with Gasteiger partial charge >= 0.3 is 0 Å². The molecule has 0 amide bonds. The van der Waals surface area contributed by atoms with E-state index in [2.05, 4.69) is 0 Å². The molecule has 1 saturated heterocycles. The zero-order valence-corrected chi connectivity index (χ0v) is 6.21. The van der Waals surface area contributed by atoms with Crippen LogP contribution < -0.4 is 0 Å². The maximum Gasteiger partial charge on any atom is 0.0854 e. The summed E-state index contributed by atoms with van der Waals surface area (Å²) >= 11 is 0. The summed E-state index contributed by atoms with van der Waals surface area (Å²) < 4.78 is 0. The van der Waals surface area contributed by atoms with Crippen LogP contribution in [-0.2, 0) is 9.78 Å². The molecule has 0 bridgehead atoms. The molecule has 0 N–H and O–H groups in total. The fraction of sp³-hybridized carbons (Fsp3) is 1.00. The van der Waals surface area contributed by atoms with Crippen molar-refractivity contribution in [3.8, 4) is 0 Å². The van der Waals surface area contributed by atoms with E-state index in [4.69, 9.17) is 9.78 Å². The third-order valence-corrected chi connectivity index (χ3v) is 2.71. The second-order valence-corrected chi connectivity index (χ2v) is 3.37. The van der Waals surface area contributed by atoms with E-state index in [0.717, 1.165) is 25.0 Å². The highest BCUT2D eigenvalue weighted by atomic mass is 17.2. The molecule has 1 saturated carbocycles. The highest BCUT2D eigenvalue weighted by Gasteiger charge is 2.28. The highest BCUT2D eigenvalue weighted by Crippen LogP contribution is 2.32. The predicted molar refractivity (Wildman–Crippen MR) is 37.4 cm³/mol. The first-order valence-corrected chi connectivity index (χ1v) is 4.21. The van der Waals surface area contributed by atoms with E-state index in [0.29, 0.717) is 0 Å². The zero-order chi connectivity index (χ0) is 6.81. The van der Waals surface area contributed by atoms with Gasteiger partial charge in [0.25, 0.3) is 0 Å². The van der Waals surface area contributed by atoms with Crippen LogP contribution >= 0.6 is 0 Å². The van der Waals surface area contributed by atoms with Crippen molar-refractivity contribution >= 4 is 0 Å². The van der Waals surface area contributed by atoms with Crippen molar-refractivity contribution in [2.75, 3.05) is 13.2 Å². The standard InChI is InChI=1S/C8H14O2/c1-2-4-8-6-10-9-5-7(8)3-1/h7-8H,1-6H2/t7-,8+. The molecule has 2 aliphatic rings. The highest BCUT2D eigenvalue weighted by molar-refractivity contribution is 4.75. The molecule has 2 atom stereocenters. The third kappa shape index (κ3) is 1.18. The second-order valence-electron chi connectivity index (χ2n) is 3.37. The van der Waals surface area contributed by atoms with Crippen LogP contribution in [0.1, 0.15) is 25.7 Å². The van der Waals surface area contributed by atoms with Crippen LogP contribution in [0.3, 0.4) is 0 Å². The Labute approximate surface area is 61.4 Å². The molecule has 58 valence electrons. The molecular weight excluding hydrogens is 128 g/mol. The minimum atomic E-state index is 0.808. The molecule has 2 fully saturated rings. The fourth-order valence-electron chi connectivity index (χ4n) is 1.99. The van der Waals surface area contributed by atoms with Gasteiger partial charge in [-0.05, 0) is 24.7 Å². The van der Waals surface area contributed by atoms with Crippen LogP contribution in [0.2, 0.25) is 0 Å². The van der Waals surface area contributed by atoms with E-state index < -0.39 is 0 Å². The third-order valence-electron chi connectivity index (χ3n) is 2.71. The summed E-state index contributed by atoms with van der Waals surface area (Å²) in [5.41, 5.74) is 0. The summed E-state index contributed by atoms with van der Waals surface area (Å²) in [4.78, 5) is 9.88. The van der Waals surface area contributed by atoms with Gasteiger partial charge in [0.1, 0.15) is 0 Å².